The zero-order valence-electron chi connectivity index (χ0n) is 41.7. The Kier molecular flexibility index (Phi) is 11.9. The lowest BCUT2D eigenvalue weighted by Crippen LogP contribution is -2.67. The minimum atomic E-state index is -1.01. The Morgan fingerprint density at radius 3 is 2.25 bits per heavy atom. The summed E-state index contributed by atoms with van der Waals surface area (Å²) in [6.07, 6.45) is 12.1. The first kappa shape index (κ1) is 48.3. The number of amides is 2. The minimum Gasteiger partial charge on any atom is -0.508 e. The van der Waals surface area contributed by atoms with E-state index >= 15 is 17.6 Å². The van der Waals surface area contributed by atoms with Crippen molar-refractivity contribution in [3.8, 4) is 23.0 Å². The molecule has 5 saturated heterocycles. The van der Waals surface area contributed by atoms with Gasteiger partial charge in [0.1, 0.15) is 40.2 Å². The van der Waals surface area contributed by atoms with Gasteiger partial charge in [0, 0.05) is 86.7 Å². The fraction of sp³-hybridized carbons (Fsp3) is 0.554. The van der Waals surface area contributed by atoms with Crippen molar-refractivity contribution in [3.63, 3.8) is 0 Å². The van der Waals surface area contributed by atoms with Crippen molar-refractivity contribution in [2.45, 2.75) is 115 Å². The van der Waals surface area contributed by atoms with Crippen molar-refractivity contribution in [2.24, 2.45) is 16.2 Å². The first-order valence-electron chi connectivity index (χ1n) is 26.5. The third-order valence-corrected chi connectivity index (χ3v) is 18.1. The number of imide groups is 1. The van der Waals surface area contributed by atoms with Gasteiger partial charge in [0.25, 0.3) is 0 Å². The van der Waals surface area contributed by atoms with E-state index in [9.17, 15) is 19.8 Å². The molecule has 7 heterocycles. The number of aryl methyl sites for hydroxylation is 1. The Morgan fingerprint density at radius 2 is 1.56 bits per heavy atom. The number of hydrogen-bond acceptors (Lipinski definition) is 12. The van der Waals surface area contributed by atoms with Crippen LogP contribution in [0.4, 0.5) is 29.1 Å². The lowest BCUT2D eigenvalue weighted by atomic mass is 9.58. The largest absolute Gasteiger partial charge is 0.508 e. The maximum atomic E-state index is 17.2. The second-order valence-corrected chi connectivity index (χ2v) is 23.4. The van der Waals surface area contributed by atoms with Crippen molar-refractivity contribution >= 4 is 45.0 Å². The van der Waals surface area contributed by atoms with Gasteiger partial charge in [0.15, 0.2) is 5.82 Å². The molecule has 2 aromatic heterocycles. The molecule has 2 amide bonds. The number of piperidine rings is 4. The number of carbonyl (C=O) groups is 2. The van der Waals surface area contributed by atoms with Crippen LogP contribution in [0.25, 0.3) is 32.9 Å². The van der Waals surface area contributed by atoms with Crippen molar-refractivity contribution in [1.82, 2.24) is 30.1 Å². The summed E-state index contributed by atoms with van der Waals surface area (Å²) < 4.78 is 69.5. The van der Waals surface area contributed by atoms with Crippen LogP contribution in [0.3, 0.4) is 0 Å². The summed E-state index contributed by atoms with van der Waals surface area (Å²) >= 11 is 0. The highest BCUT2D eigenvalue weighted by Crippen LogP contribution is 2.56. The minimum absolute atomic E-state index is 0.00766. The number of rotatable bonds is 11. The fourth-order valence-corrected chi connectivity index (χ4v) is 13.6. The number of fused-ring (bicyclic) bond motifs is 2. The van der Waals surface area contributed by atoms with E-state index in [0.29, 0.717) is 83.6 Å². The molecule has 12 rings (SSSR count). The van der Waals surface area contributed by atoms with E-state index < -0.39 is 46.6 Å². The normalized spacial score (nSPS) is 25.1. The van der Waals surface area contributed by atoms with Gasteiger partial charge in [-0.25, -0.2) is 17.6 Å². The molecule has 73 heavy (non-hydrogen) atoms. The van der Waals surface area contributed by atoms with Gasteiger partial charge in [0.05, 0.1) is 23.5 Å². The van der Waals surface area contributed by atoms with Crippen LogP contribution in [-0.4, -0.2) is 124 Å². The summed E-state index contributed by atoms with van der Waals surface area (Å²) in [6, 6.07) is 9.23. The van der Waals surface area contributed by atoms with Crippen molar-refractivity contribution in [3.05, 3.63) is 77.0 Å². The summed E-state index contributed by atoms with van der Waals surface area (Å²) in [7, 11) is 0. The van der Waals surface area contributed by atoms with E-state index in [-0.39, 0.29) is 57.8 Å². The number of benzene rings is 3. The van der Waals surface area contributed by atoms with Gasteiger partial charge >= 0.3 is 6.01 Å². The number of pyridine rings is 1. The van der Waals surface area contributed by atoms with Crippen LogP contribution < -0.4 is 19.9 Å². The maximum absolute atomic E-state index is 17.2. The Balaban J connectivity index is 0.666. The van der Waals surface area contributed by atoms with E-state index in [2.05, 4.69) is 25.0 Å². The van der Waals surface area contributed by atoms with Gasteiger partial charge in [-0.05, 0) is 155 Å². The summed E-state index contributed by atoms with van der Waals surface area (Å²) in [6.45, 7) is 11.4. The van der Waals surface area contributed by atoms with Crippen LogP contribution in [-0.2, 0) is 16.0 Å². The van der Waals surface area contributed by atoms with E-state index in [4.69, 9.17) is 14.7 Å². The molecule has 2 spiro atoms. The van der Waals surface area contributed by atoms with Gasteiger partial charge in [-0.3, -0.25) is 24.8 Å². The molecule has 0 bridgehead atoms. The van der Waals surface area contributed by atoms with Gasteiger partial charge in [-0.1, -0.05) is 13.0 Å². The highest BCUT2D eigenvalue weighted by molar-refractivity contribution is 6.02. The number of likely N-dealkylation sites (tertiary alicyclic amines) is 2. The molecule has 7 aliphatic rings. The molecule has 5 aliphatic heterocycles. The van der Waals surface area contributed by atoms with E-state index in [1.54, 1.807) is 13.0 Å². The number of ether oxygens (including phenoxy) is 1. The van der Waals surface area contributed by atoms with E-state index in [1.807, 2.05) is 11.8 Å². The molecule has 2 saturated carbocycles. The number of hydrogen-bond donors (Lipinski definition) is 3. The number of phenols is 1. The predicted octanol–water partition coefficient (Wildman–Crippen LogP) is 8.55. The van der Waals surface area contributed by atoms with E-state index in [1.165, 1.54) is 49.4 Å². The van der Waals surface area contributed by atoms with Crippen molar-refractivity contribution < 1.29 is 42.1 Å². The summed E-state index contributed by atoms with van der Waals surface area (Å²) in [4.78, 5) is 47.4. The molecule has 3 aromatic carbocycles. The van der Waals surface area contributed by atoms with Crippen LogP contribution >= 0.6 is 0 Å². The van der Waals surface area contributed by atoms with Gasteiger partial charge in [0.2, 0.25) is 11.8 Å². The highest BCUT2D eigenvalue weighted by Gasteiger charge is 2.55. The summed E-state index contributed by atoms with van der Waals surface area (Å²) in [5, 5.41) is 25.5. The molecule has 5 aromatic rings. The number of halogens is 4. The molecule has 17 heteroatoms. The third kappa shape index (κ3) is 8.94. The molecule has 7 fully saturated rings. The molecule has 0 radical (unpaired) electrons. The Bertz CT molecular complexity index is 3000. The van der Waals surface area contributed by atoms with Crippen molar-refractivity contribution in [2.75, 3.05) is 75.3 Å². The van der Waals surface area contributed by atoms with Crippen LogP contribution in [0.5, 0.6) is 11.8 Å². The zero-order chi connectivity index (χ0) is 50.6. The van der Waals surface area contributed by atoms with Crippen LogP contribution in [0, 0.1) is 39.5 Å². The number of carbonyl (C=O) groups excluding carboxylic acids is 2. The molecule has 13 nitrogen and oxygen atoms in total. The Labute approximate surface area is 422 Å². The number of nitrogens with one attached hydrogen (secondary N) is 1. The Morgan fingerprint density at radius 1 is 0.836 bits per heavy atom. The second kappa shape index (κ2) is 18.0. The number of nitrogens with zero attached hydrogens (tertiary/aromatic N) is 7. The number of aromatic nitrogens is 3. The first-order valence-corrected chi connectivity index (χ1v) is 26.5. The lowest BCUT2D eigenvalue weighted by molar-refractivity contribution is -0.134. The van der Waals surface area contributed by atoms with Crippen LogP contribution in [0.1, 0.15) is 108 Å². The SMILES string of the molecule is CCc1c(F)ccc2cc(O)cc(-c3ncc4c(N5CCC[C@@](C)(O)C5)nc(OCC5(CN6CCC7(CC6)CC(N6CC8(CCN(c9cc(F)c(C%10CCC(=O)NC%10=O)c(F)c9)CC8)C6)C7)CC5)nc4c3F)c12. The molecular formula is C56H64F4N8O5. The van der Waals surface area contributed by atoms with Crippen LogP contribution in [0.2, 0.25) is 0 Å². The van der Waals surface area contributed by atoms with Crippen molar-refractivity contribution in [1.29, 1.82) is 0 Å². The average Bonchev–Trinajstić information content (AvgIpc) is 4.11. The van der Waals surface area contributed by atoms with Gasteiger partial charge in [-0.15, -0.1) is 0 Å². The number of β-amino-alcohol motifs (C(OH)–C–C–N with tert-alkyl or cyclic N) is 1. The smallest absolute Gasteiger partial charge is 0.319 e. The summed E-state index contributed by atoms with van der Waals surface area (Å²) in [5.41, 5.74) is 0.434. The fourth-order valence-electron chi connectivity index (χ4n) is 13.6. The molecule has 2 aliphatic carbocycles. The number of aliphatic hydroxyl groups is 1. The second-order valence-electron chi connectivity index (χ2n) is 23.4. The topological polar surface area (TPSA) is 147 Å². The quantitative estimate of drug-likeness (QED) is 0.0861. The number of aromatic hydroxyl groups is 1. The maximum Gasteiger partial charge on any atom is 0.319 e. The molecular weight excluding hydrogens is 941 g/mol. The zero-order valence-corrected chi connectivity index (χ0v) is 41.7. The lowest BCUT2D eigenvalue weighted by Gasteiger charge is -2.63. The van der Waals surface area contributed by atoms with Gasteiger partial charge < -0.3 is 29.6 Å². The first-order chi connectivity index (χ1) is 35.0. The Hall–Kier alpha value is -5.65. The monoisotopic (exact) mass is 1000 g/mol. The molecule has 386 valence electrons. The molecule has 1 unspecified atom stereocenters. The van der Waals surface area contributed by atoms with Crippen LogP contribution in [0.15, 0.2) is 42.6 Å². The predicted molar refractivity (Wildman–Crippen MR) is 269 cm³/mol. The molecule has 3 N–H and O–H groups in total. The summed E-state index contributed by atoms with van der Waals surface area (Å²) in [5.74, 6) is -4.35. The average molecular weight is 1010 g/mol. The van der Waals surface area contributed by atoms with E-state index in [0.717, 1.165) is 84.3 Å². The molecule has 2 atom stereocenters. The number of phenolic OH excluding ortho intramolecular Hbond substituents is 1. The standard InChI is InChI=1S/C56H64F4N8O5/c1-3-37-41(57)7-5-33-21-36(69)24-39(45(33)37)48-47(60)49-40(27-61-48)50(67-16-4-9-53(2,72)28-67)64-52(63-49)73-32-56(10-11-56)29-65-17-12-54(13-18-65)25-35(26-54)68-30-55(31-68)14-19-66(20-15-55)34-22-42(58)46(43(59)23-34)38-6-8-44(70)62-51(38)71/h5,7,21-24,27,35,38,69,72H,3-4,6,8-20,25-26,28-32H2,1-2H3,(H,62,70,71)/t38?,53-/m1/s1. The van der Waals surface area contributed by atoms with Gasteiger partial charge in [-0.2, -0.15) is 9.97 Å². The number of anilines is 2. The third-order valence-electron chi connectivity index (χ3n) is 18.1. The highest BCUT2D eigenvalue weighted by atomic mass is 19.1.